The monoisotopic (exact) mass is 188 g/mol. The van der Waals surface area contributed by atoms with Gasteiger partial charge in [0, 0.05) is 5.56 Å². The van der Waals surface area contributed by atoms with Crippen LogP contribution in [0.1, 0.15) is 16.7 Å². The molecule has 1 aromatic carbocycles. The van der Waals surface area contributed by atoms with Crippen molar-refractivity contribution >= 4 is 0 Å². The molecule has 0 aliphatic heterocycles. The van der Waals surface area contributed by atoms with Gasteiger partial charge in [-0.3, -0.25) is 0 Å². The molecule has 0 saturated heterocycles. The summed E-state index contributed by atoms with van der Waals surface area (Å²) in [6.07, 6.45) is 0. The van der Waals surface area contributed by atoms with Crippen LogP contribution in [-0.2, 0) is 0 Å². The molecule has 1 aromatic heterocycles. The van der Waals surface area contributed by atoms with Gasteiger partial charge in [0.2, 0.25) is 0 Å². The van der Waals surface area contributed by atoms with E-state index in [1.165, 1.54) is 16.7 Å². The van der Waals surface area contributed by atoms with Crippen molar-refractivity contribution in [3.05, 3.63) is 28.8 Å². The van der Waals surface area contributed by atoms with Gasteiger partial charge >= 0.3 is 0 Å². The van der Waals surface area contributed by atoms with Crippen molar-refractivity contribution in [2.45, 2.75) is 20.8 Å². The molecular weight excluding hydrogens is 176 g/mol. The maximum atomic E-state index is 3.90. The van der Waals surface area contributed by atoms with Gasteiger partial charge in [0.25, 0.3) is 0 Å². The zero-order valence-electron chi connectivity index (χ0n) is 8.50. The van der Waals surface area contributed by atoms with Crippen molar-refractivity contribution in [1.82, 2.24) is 20.6 Å². The molecule has 0 fully saturated rings. The number of nitrogens with zero attached hydrogens (tertiary/aromatic N) is 3. The van der Waals surface area contributed by atoms with E-state index in [-0.39, 0.29) is 0 Å². The Labute approximate surface area is 82.4 Å². The lowest BCUT2D eigenvalue weighted by atomic mass is 9.99. The van der Waals surface area contributed by atoms with E-state index in [0.29, 0.717) is 0 Å². The van der Waals surface area contributed by atoms with Gasteiger partial charge in [-0.25, -0.2) is 5.10 Å². The number of H-pyrrole nitrogens is 1. The fourth-order valence-electron chi connectivity index (χ4n) is 1.49. The summed E-state index contributed by atoms with van der Waals surface area (Å²) in [7, 11) is 0. The Bertz CT molecular complexity index is 445. The fraction of sp³-hybridized carbons (Fsp3) is 0.300. The molecule has 0 aliphatic carbocycles. The van der Waals surface area contributed by atoms with Gasteiger partial charge in [-0.15, -0.1) is 5.10 Å². The third-order valence-electron chi connectivity index (χ3n) is 2.66. The minimum Gasteiger partial charge on any atom is -0.239 e. The molecule has 0 unspecified atom stereocenters. The van der Waals surface area contributed by atoms with Crippen LogP contribution < -0.4 is 0 Å². The molecule has 0 radical (unpaired) electrons. The van der Waals surface area contributed by atoms with Crippen LogP contribution in [0.15, 0.2) is 12.1 Å². The Morgan fingerprint density at radius 3 is 2.50 bits per heavy atom. The van der Waals surface area contributed by atoms with Gasteiger partial charge in [0.05, 0.1) is 0 Å². The molecule has 14 heavy (non-hydrogen) atoms. The zero-order valence-corrected chi connectivity index (χ0v) is 8.50. The molecule has 4 heteroatoms. The van der Waals surface area contributed by atoms with Gasteiger partial charge < -0.3 is 0 Å². The van der Waals surface area contributed by atoms with E-state index < -0.39 is 0 Å². The maximum absolute atomic E-state index is 3.90. The highest BCUT2D eigenvalue weighted by atomic mass is 15.5. The Morgan fingerprint density at radius 1 is 1.07 bits per heavy atom. The number of aromatic amines is 1. The van der Waals surface area contributed by atoms with Gasteiger partial charge in [0.1, 0.15) is 0 Å². The average Bonchev–Trinajstić information content (AvgIpc) is 2.67. The second kappa shape index (κ2) is 3.21. The number of aryl methyl sites for hydroxylation is 1. The van der Waals surface area contributed by atoms with Crippen LogP contribution in [0.3, 0.4) is 0 Å². The second-order valence-electron chi connectivity index (χ2n) is 3.43. The van der Waals surface area contributed by atoms with E-state index in [1.54, 1.807) is 0 Å². The topological polar surface area (TPSA) is 54.5 Å². The third-order valence-corrected chi connectivity index (χ3v) is 2.66. The molecule has 0 atom stereocenters. The first-order chi connectivity index (χ1) is 6.70. The molecule has 2 rings (SSSR count). The molecule has 1 heterocycles. The summed E-state index contributed by atoms with van der Waals surface area (Å²) >= 11 is 0. The molecule has 2 aromatic rings. The summed E-state index contributed by atoms with van der Waals surface area (Å²) < 4.78 is 0. The zero-order chi connectivity index (χ0) is 10.1. The highest BCUT2D eigenvalue weighted by molar-refractivity contribution is 5.62. The van der Waals surface area contributed by atoms with E-state index in [4.69, 9.17) is 0 Å². The van der Waals surface area contributed by atoms with Crippen LogP contribution in [0.5, 0.6) is 0 Å². The Hall–Kier alpha value is -1.71. The van der Waals surface area contributed by atoms with Crippen molar-refractivity contribution < 1.29 is 0 Å². The lowest BCUT2D eigenvalue weighted by Crippen LogP contribution is -1.92. The Kier molecular flexibility index (Phi) is 2.04. The quantitative estimate of drug-likeness (QED) is 0.742. The van der Waals surface area contributed by atoms with E-state index in [0.717, 1.165) is 11.4 Å². The molecule has 0 spiro atoms. The van der Waals surface area contributed by atoms with Crippen LogP contribution >= 0.6 is 0 Å². The number of nitrogens with one attached hydrogen (secondary N) is 1. The van der Waals surface area contributed by atoms with Gasteiger partial charge in [0.15, 0.2) is 5.82 Å². The van der Waals surface area contributed by atoms with Gasteiger partial charge in [-0.1, -0.05) is 12.1 Å². The molecular formula is C10H12N4. The minimum absolute atomic E-state index is 0.727. The summed E-state index contributed by atoms with van der Waals surface area (Å²) in [6.45, 7) is 6.29. The van der Waals surface area contributed by atoms with E-state index in [1.807, 2.05) is 6.07 Å². The summed E-state index contributed by atoms with van der Waals surface area (Å²) in [4.78, 5) is 0. The fourth-order valence-corrected chi connectivity index (χ4v) is 1.49. The minimum atomic E-state index is 0.727. The van der Waals surface area contributed by atoms with Crippen LogP contribution in [-0.4, -0.2) is 20.6 Å². The van der Waals surface area contributed by atoms with Gasteiger partial charge in [-0.05, 0) is 47.9 Å². The maximum Gasteiger partial charge on any atom is 0.179 e. The first-order valence-corrected chi connectivity index (χ1v) is 4.51. The molecule has 4 nitrogen and oxygen atoms in total. The predicted molar refractivity (Wildman–Crippen MR) is 53.8 cm³/mol. The largest absolute Gasteiger partial charge is 0.239 e. The van der Waals surface area contributed by atoms with Gasteiger partial charge in [-0.2, -0.15) is 0 Å². The number of hydrogen-bond acceptors (Lipinski definition) is 3. The summed E-state index contributed by atoms with van der Waals surface area (Å²) in [6, 6.07) is 4.13. The van der Waals surface area contributed by atoms with Crippen LogP contribution in [0.2, 0.25) is 0 Å². The lowest BCUT2D eigenvalue weighted by molar-refractivity contribution is 0.881. The number of aromatic nitrogens is 4. The number of rotatable bonds is 1. The molecule has 0 bridgehead atoms. The number of hydrogen-bond donors (Lipinski definition) is 1. The molecule has 72 valence electrons. The number of benzene rings is 1. The van der Waals surface area contributed by atoms with Crippen molar-refractivity contribution in [1.29, 1.82) is 0 Å². The predicted octanol–water partition coefficient (Wildman–Crippen LogP) is 1.79. The normalized spacial score (nSPS) is 10.5. The number of tetrazole rings is 1. The molecule has 0 saturated carbocycles. The molecule has 0 amide bonds. The van der Waals surface area contributed by atoms with Crippen molar-refractivity contribution in [2.24, 2.45) is 0 Å². The summed E-state index contributed by atoms with van der Waals surface area (Å²) in [5.41, 5.74) is 4.87. The SMILES string of the molecule is Cc1ccc(-c2nnn[nH]2)c(C)c1C. The van der Waals surface area contributed by atoms with Crippen LogP contribution in [0, 0.1) is 20.8 Å². The smallest absolute Gasteiger partial charge is 0.179 e. The lowest BCUT2D eigenvalue weighted by Gasteiger charge is -2.07. The van der Waals surface area contributed by atoms with E-state index in [9.17, 15) is 0 Å². The van der Waals surface area contributed by atoms with Crippen molar-refractivity contribution in [3.8, 4) is 11.4 Å². The first kappa shape index (κ1) is 8.87. The second-order valence-corrected chi connectivity index (χ2v) is 3.43. The van der Waals surface area contributed by atoms with E-state index in [2.05, 4.69) is 47.5 Å². The molecule has 1 N–H and O–H groups in total. The Balaban J connectivity index is 2.61. The summed E-state index contributed by atoms with van der Waals surface area (Å²) in [5.74, 6) is 0.727. The van der Waals surface area contributed by atoms with E-state index >= 15 is 0 Å². The first-order valence-electron chi connectivity index (χ1n) is 4.51. The van der Waals surface area contributed by atoms with Crippen molar-refractivity contribution in [3.63, 3.8) is 0 Å². The highest BCUT2D eigenvalue weighted by Crippen LogP contribution is 2.23. The van der Waals surface area contributed by atoms with Crippen LogP contribution in [0.25, 0.3) is 11.4 Å². The van der Waals surface area contributed by atoms with Crippen LogP contribution in [0.4, 0.5) is 0 Å². The average molecular weight is 188 g/mol. The standard InChI is InChI=1S/C10H12N4/c1-6-4-5-9(8(3)7(6)2)10-11-13-14-12-10/h4-5H,1-3H3,(H,11,12,13,14). The van der Waals surface area contributed by atoms with Crippen molar-refractivity contribution in [2.75, 3.05) is 0 Å². The molecule has 0 aliphatic rings. The highest BCUT2D eigenvalue weighted by Gasteiger charge is 2.08. The Morgan fingerprint density at radius 2 is 1.86 bits per heavy atom. The third kappa shape index (κ3) is 1.28. The summed E-state index contributed by atoms with van der Waals surface area (Å²) in [5, 5.41) is 13.8.